The number of hydrogen-bond acceptors (Lipinski definition) is 5. The Kier molecular flexibility index (Phi) is 4.54. The predicted molar refractivity (Wildman–Crippen MR) is 102 cm³/mol. The number of carbonyl (C=O) groups excluding carboxylic acids is 1. The molecule has 2 aromatic heterocycles. The highest BCUT2D eigenvalue weighted by Gasteiger charge is 2.21. The third-order valence-corrected chi connectivity index (χ3v) is 6.04. The van der Waals surface area contributed by atoms with Crippen molar-refractivity contribution in [3.8, 4) is 0 Å². The normalized spacial score (nSPS) is 16.5. The zero-order valence-corrected chi connectivity index (χ0v) is 15.7. The number of benzene rings is 1. The SMILES string of the molecule is CC1CCc2sc(C(=O)OCc3nc4cc(Cl)ccc4c(=O)[nH]3)cc2C1. The molecule has 1 aliphatic carbocycles. The second-order valence-electron chi connectivity index (χ2n) is 6.66. The number of esters is 1. The van der Waals surface area contributed by atoms with Crippen LogP contribution in [0.3, 0.4) is 0 Å². The van der Waals surface area contributed by atoms with Crippen LogP contribution in [0.2, 0.25) is 5.02 Å². The number of thiophene rings is 1. The van der Waals surface area contributed by atoms with Crippen molar-refractivity contribution in [3.05, 3.63) is 60.8 Å². The van der Waals surface area contributed by atoms with E-state index in [0.717, 1.165) is 19.3 Å². The summed E-state index contributed by atoms with van der Waals surface area (Å²) in [6.07, 6.45) is 3.20. The zero-order valence-electron chi connectivity index (χ0n) is 14.2. The van der Waals surface area contributed by atoms with Crippen LogP contribution in [0, 0.1) is 5.92 Å². The maximum absolute atomic E-state index is 12.4. The Morgan fingerprint density at radius 3 is 3.12 bits per heavy atom. The van der Waals surface area contributed by atoms with E-state index in [2.05, 4.69) is 16.9 Å². The number of aryl methyl sites for hydroxylation is 1. The van der Waals surface area contributed by atoms with Crippen LogP contribution in [0.15, 0.2) is 29.1 Å². The van der Waals surface area contributed by atoms with E-state index in [0.29, 0.717) is 32.5 Å². The Balaban J connectivity index is 1.51. The number of carbonyl (C=O) groups is 1. The molecule has 0 bridgehead atoms. The smallest absolute Gasteiger partial charge is 0.348 e. The first-order valence-electron chi connectivity index (χ1n) is 8.47. The van der Waals surface area contributed by atoms with Gasteiger partial charge in [-0.25, -0.2) is 9.78 Å². The fourth-order valence-electron chi connectivity index (χ4n) is 3.24. The quantitative estimate of drug-likeness (QED) is 0.685. The van der Waals surface area contributed by atoms with Gasteiger partial charge in [0.05, 0.1) is 10.9 Å². The van der Waals surface area contributed by atoms with E-state index in [1.807, 2.05) is 6.07 Å². The van der Waals surface area contributed by atoms with Gasteiger partial charge in [0.1, 0.15) is 17.3 Å². The summed E-state index contributed by atoms with van der Waals surface area (Å²) in [7, 11) is 0. The number of rotatable bonds is 3. The van der Waals surface area contributed by atoms with Crippen molar-refractivity contribution in [2.45, 2.75) is 32.8 Å². The van der Waals surface area contributed by atoms with Crippen LogP contribution in [0.25, 0.3) is 10.9 Å². The van der Waals surface area contributed by atoms with E-state index < -0.39 is 0 Å². The summed E-state index contributed by atoms with van der Waals surface area (Å²) in [5.74, 6) is 0.568. The minimum absolute atomic E-state index is 0.0878. The van der Waals surface area contributed by atoms with Crippen molar-refractivity contribution in [1.82, 2.24) is 9.97 Å². The van der Waals surface area contributed by atoms with Gasteiger partial charge in [0, 0.05) is 9.90 Å². The van der Waals surface area contributed by atoms with Gasteiger partial charge < -0.3 is 9.72 Å². The number of fused-ring (bicyclic) bond motifs is 2. The van der Waals surface area contributed by atoms with Crippen molar-refractivity contribution in [1.29, 1.82) is 0 Å². The first-order chi connectivity index (χ1) is 12.5. The van der Waals surface area contributed by atoms with Gasteiger partial charge in [0.25, 0.3) is 5.56 Å². The monoisotopic (exact) mass is 388 g/mol. The maximum Gasteiger partial charge on any atom is 0.348 e. The number of nitrogens with one attached hydrogen (secondary N) is 1. The Labute approximate surface area is 159 Å². The zero-order chi connectivity index (χ0) is 18.3. The lowest BCUT2D eigenvalue weighted by atomic mass is 9.90. The fraction of sp³-hybridized carbons (Fsp3) is 0.316. The van der Waals surface area contributed by atoms with Crippen molar-refractivity contribution in [2.75, 3.05) is 0 Å². The minimum Gasteiger partial charge on any atom is -0.453 e. The van der Waals surface area contributed by atoms with Crippen LogP contribution in [-0.2, 0) is 24.2 Å². The summed E-state index contributed by atoms with van der Waals surface area (Å²) in [6, 6.07) is 6.82. The van der Waals surface area contributed by atoms with Crippen LogP contribution in [0.1, 0.15) is 39.3 Å². The molecule has 0 fully saturated rings. The molecule has 2 heterocycles. The summed E-state index contributed by atoms with van der Waals surface area (Å²) in [4.78, 5) is 33.3. The van der Waals surface area contributed by atoms with Gasteiger partial charge in [-0.05, 0) is 55.0 Å². The standard InChI is InChI=1S/C19H17ClN2O3S/c1-10-2-5-15-11(6-10)7-16(26-15)19(24)25-9-17-21-14-8-12(20)3-4-13(14)18(23)22-17/h3-4,7-8,10H,2,5-6,9H2,1H3,(H,21,22,23). The van der Waals surface area contributed by atoms with E-state index in [1.54, 1.807) is 18.2 Å². The molecule has 26 heavy (non-hydrogen) atoms. The van der Waals surface area contributed by atoms with Crippen molar-refractivity contribution in [3.63, 3.8) is 0 Å². The molecule has 5 nitrogen and oxygen atoms in total. The summed E-state index contributed by atoms with van der Waals surface area (Å²) >= 11 is 7.46. The molecule has 1 aliphatic rings. The van der Waals surface area contributed by atoms with Gasteiger partial charge in [-0.2, -0.15) is 0 Å². The van der Waals surface area contributed by atoms with E-state index >= 15 is 0 Å². The highest BCUT2D eigenvalue weighted by atomic mass is 35.5. The predicted octanol–water partition coefficient (Wildman–Crippen LogP) is 4.12. The van der Waals surface area contributed by atoms with Gasteiger partial charge in [-0.15, -0.1) is 11.3 Å². The van der Waals surface area contributed by atoms with Gasteiger partial charge in [0.15, 0.2) is 0 Å². The molecule has 1 aromatic carbocycles. The summed E-state index contributed by atoms with van der Waals surface area (Å²) < 4.78 is 5.36. The number of aromatic amines is 1. The lowest BCUT2D eigenvalue weighted by molar-refractivity contribution is 0.0468. The fourth-order valence-corrected chi connectivity index (χ4v) is 4.51. The third kappa shape index (κ3) is 3.39. The highest BCUT2D eigenvalue weighted by Crippen LogP contribution is 2.32. The van der Waals surface area contributed by atoms with Crippen molar-refractivity contribution >= 4 is 39.8 Å². The van der Waals surface area contributed by atoms with E-state index in [-0.39, 0.29) is 18.1 Å². The molecule has 1 unspecified atom stereocenters. The third-order valence-electron chi connectivity index (χ3n) is 4.59. The molecule has 0 aliphatic heterocycles. The van der Waals surface area contributed by atoms with Gasteiger partial charge in [0.2, 0.25) is 0 Å². The van der Waals surface area contributed by atoms with Crippen LogP contribution in [0.4, 0.5) is 0 Å². The number of hydrogen-bond donors (Lipinski definition) is 1. The Morgan fingerprint density at radius 2 is 2.27 bits per heavy atom. The van der Waals surface area contributed by atoms with Crippen LogP contribution >= 0.6 is 22.9 Å². The molecule has 3 aromatic rings. The number of ether oxygens (including phenoxy) is 1. The van der Waals surface area contributed by atoms with E-state index in [4.69, 9.17) is 16.3 Å². The molecule has 1 N–H and O–H groups in total. The average Bonchev–Trinajstić information content (AvgIpc) is 3.02. The first kappa shape index (κ1) is 17.2. The molecule has 1 atom stereocenters. The first-order valence-corrected chi connectivity index (χ1v) is 9.66. The lowest BCUT2D eigenvalue weighted by Gasteiger charge is -2.16. The lowest BCUT2D eigenvalue weighted by Crippen LogP contribution is -2.14. The second-order valence-corrected chi connectivity index (χ2v) is 8.23. The molecule has 0 radical (unpaired) electrons. The Hall–Kier alpha value is -2.18. The summed E-state index contributed by atoms with van der Waals surface area (Å²) in [5, 5.41) is 0.946. The topological polar surface area (TPSA) is 72.0 Å². The largest absolute Gasteiger partial charge is 0.453 e. The molecular formula is C19H17ClN2O3S. The van der Waals surface area contributed by atoms with Crippen LogP contribution in [-0.4, -0.2) is 15.9 Å². The molecular weight excluding hydrogens is 372 g/mol. The Morgan fingerprint density at radius 1 is 1.42 bits per heavy atom. The van der Waals surface area contributed by atoms with Crippen LogP contribution in [0.5, 0.6) is 0 Å². The highest BCUT2D eigenvalue weighted by molar-refractivity contribution is 7.14. The molecule has 134 valence electrons. The summed E-state index contributed by atoms with van der Waals surface area (Å²) in [6.45, 7) is 2.14. The van der Waals surface area contributed by atoms with E-state index in [9.17, 15) is 9.59 Å². The number of aromatic nitrogens is 2. The van der Waals surface area contributed by atoms with Gasteiger partial charge in [-0.1, -0.05) is 18.5 Å². The average molecular weight is 389 g/mol. The van der Waals surface area contributed by atoms with Gasteiger partial charge in [-0.3, -0.25) is 4.79 Å². The maximum atomic E-state index is 12.4. The minimum atomic E-state index is -0.383. The van der Waals surface area contributed by atoms with Crippen LogP contribution < -0.4 is 5.56 Å². The van der Waals surface area contributed by atoms with Gasteiger partial charge >= 0.3 is 5.97 Å². The van der Waals surface area contributed by atoms with Crippen molar-refractivity contribution in [2.24, 2.45) is 5.92 Å². The van der Waals surface area contributed by atoms with Crippen molar-refractivity contribution < 1.29 is 9.53 Å². The molecule has 0 saturated carbocycles. The number of halogens is 1. The van der Waals surface area contributed by atoms with E-state index in [1.165, 1.54) is 21.8 Å². The molecule has 0 amide bonds. The Bertz CT molecular complexity index is 1060. The number of H-pyrrole nitrogens is 1. The number of nitrogens with zero attached hydrogens (tertiary/aromatic N) is 1. The molecule has 0 saturated heterocycles. The molecule has 4 rings (SSSR count). The molecule has 0 spiro atoms. The second kappa shape index (κ2) is 6.85. The molecule has 7 heteroatoms. The summed E-state index contributed by atoms with van der Waals surface area (Å²) in [5.41, 5.74) is 1.46.